The molecular formula is C14H19Cl2NO2. The number of nitrogens with zero attached hydrogens (tertiary/aromatic N) is 1. The SMILES string of the molecule is CN(Cc1cc(Cl)cc(Cl)c1)C(=O)COC(C)(C)C. The van der Waals surface area contributed by atoms with Crippen molar-refractivity contribution < 1.29 is 9.53 Å². The predicted molar refractivity (Wildman–Crippen MR) is 78.6 cm³/mol. The molecule has 0 fully saturated rings. The first-order valence-corrected chi connectivity index (χ1v) is 6.76. The molecule has 0 saturated carbocycles. The molecule has 0 atom stereocenters. The summed E-state index contributed by atoms with van der Waals surface area (Å²) in [5.41, 5.74) is 0.569. The van der Waals surface area contributed by atoms with Gasteiger partial charge in [0, 0.05) is 23.6 Å². The maximum atomic E-state index is 11.9. The van der Waals surface area contributed by atoms with E-state index in [1.165, 1.54) is 0 Å². The molecule has 5 heteroatoms. The second kappa shape index (κ2) is 6.60. The van der Waals surface area contributed by atoms with Crippen molar-refractivity contribution in [1.29, 1.82) is 0 Å². The van der Waals surface area contributed by atoms with Crippen molar-refractivity contribution in [3.63, 3.8) is 0 Å². The lowest BCUT2D eigenvalue weighted by Crippen LogP contribution is -2.33. The molecule has 0 radical (unpaired) electrons. The van der Waals surface area contributed by atoms with Crippen LogP contribution in [0.25, 0.3) is 0 Å². The van der Waals surface area contributed by atoms with Crippen LogP contribution in [0.1, 0.15) is 26.3 Å². The van der Waals surface area contributed by atoms with E-state index < -0.39 is 0 Å². The van der Waals surface area contributed by atoms with E-state index >= 15 is 0 Å². The first-order valence-electron chi connectivity index (χ1n) is 6.00. The van der Waals surface area contributed by atoms with E-state index in [1.807, 2.05) is 20.8 Å². The van der Waals surface area contributed by atoms with E-state index in [4.69, 9.17) is 27.9 Å². The van der Waals surface area contributed by atoms with Gasteiger partial charge in [-0.25, -0.2) is 0 Å². The summed E-state index contributed by atoms with van der Waals surface area (Å²) in [4.78, 5) is 13.5. The van der Waals surface area contributed by atoms with Gasteiger partial charge in [0.05, 0.1) is 5.60 Å². The summed E-state index contributed by atoms with van der Waals surface area (Å²) in [5, 5.41) is 1.13. The predicted octanol–water partition coefficient (Wildman–Crippen LogP) is 3.77. The lowest BCUT2D eigenvalue weighted by Gasteiger charge is -2.22. The number of likely N-dealkylation sites (N-methyl/N-ethyl adjacent to an activating group) is 1. The van der Waals surface area contributed by atoms with Crippen molar-refractivity contribution in [2.24, 2.45) is 0 Å². The summed E-state index contributed by atoms with van der Waals surface area (Å²) in [6.45, 7) is 6.26. The van der Waals surface area contributed by atoms with Gasteiger partial charge in [0.1, 0.15) is 6.61 Å². The molecule has 1 rings (SSSR count). The van der Waals surface area contributed by atoms with Crippen LogP contribution in [0.5, 0.6) is 0 Å². The van der Waals surface area contributed by atoms with E-state index in [1.54, 1.807) is 30.1 Å². The monoisotopic (exact) mass is 303 g/mol. The third kappa shape index (κ3) is 6.28. The van der Waals surface area contributed by atoms with E-state index in [0.717, 1.165) is 5.56 Å². The zero-order valence-electron chi connectivity index (χ0n) is 11.7. The first kappa shape index (κ1) is 16.3. The van der Waals surface area contributed by atoms with Gasteiger partial charge in [-0.2, -0.15) is 0 Å². The van der Waals surface area contributed by atoms with Crippen molar-refractivity contribution in [2.75, 3.05) is 13.7 Å². The second-order valence-electron chi connectivity index (χ2n) is 5.43. The standard InChI is InChI=1S/C14H19Cl2NO2/c1-14(2,3)19-9-13(18)17(4)8-10-5-11(15)7-12(16)6-10/h5-7H,8-9H2,1-4H3. The van der Waals surface area contributed by atoms with Crippen molar-refractivity contribution in [3.05, 3.63) is 33.8 Å². The molecule has 19 heavy (non-hydrogen) atoms. The fourth-order valence-electron chi connectivity index (χ4n) is 1.45. The van der Waals surface area contributed by atoms with Crippen LogP contribution in [-0.4, -0.2) is 30.1 Å². The Bertz CT molecular complexity index is 435. The summed E-state index contributed by atoms with van der Waals surface area (Å²) in [7, 11) is 1.73. The fraction of sp³-hybridized carbons (Fsp3) is 0.500. The molecule has 1 aromatic carbocycles. The topological polar surface area (TPSA) is 29.5 Å². The van der Waals surface area contributed by atoms with Gasteiger partial charge in [0.25, 0.3) is 0 Å². The summed E-state index contributed by atoms with van der Waals surface area (Å²) >= 11 is 11.8. The van der Waals surface area contributed by atoms with Crippen LogP contribution in [0.15, 0.2) is 18.2 Å². The molecule has 1 aromatic rings. The van der Waals surface area contributed by atoms with Crippen molar-refractivity contribution in [2.45, 2.75) is 32.9 Å². The summed E-state index contributed by atoms with van der Waals surface area (Å²) in [5.74, 6) is -0.0778. The molecule has 0 aliphatic heterocycles. The molecule has 0 aliphatic rings. The van der Waals surface area contributed by atoms with Crippen molar-refractivity contribution in [3.8, 4) is 0 Å². The molecule has 106 valence electrons. The number of carbonyl (C=O) groups excluding carboxylic acids is 1. The van der Waals surface area contributed by atoms with E-state index in [2.05, 4.69) is 0 Å². The second-order valence-corrected chi connectivity index (χ2v) is 6.30. The van der Waals surface area contributed by atoms with Gasteiger partial charge in [-0.3, -0.25) is 4.79 Å². The van der Waals surface area contributed by atoms with Crippen molar-refractivity contribution in [1.82, 2.24) is 4.90 Å². The highest BCUT2D eigenvalue weighted by molar-refractivity contribution is 6.34. The smallest absolute Gasteiger partial charge is 0.248 e. The zero-order chi connectivity index (χ0) is 14.6. The Kier molecular flexibility index (Phi) is 5.65. The average Bonchev–Trinajstić information content (AvgIpc) is 2.23. The molecule has 0 spiro atoms. The molecule has 0 N–H and O–H groups in total. The van der Waals surface area contributed by atoms with Gasteiger partial charge in [-0.15, -0.1) is 0 Å². The van der Waals surface area contributed by atoms with Crippen LogP contribution in [0, 0.1) is 0 Å². The molecule has 0 saturated heterocycles. The third-order valence-corrected chi connectivity index (χ3v) is 2.83. The molecule has 1 amide bonds. The van der Waals surface area contributed by atoms with Crippen molar-refractivity contribution >= 4 is 29.1 Å². The quantitative estimate of drug-likeness (QED) is 0.847. The fourth-order valence-corrected chi connectivity index (χ4v) is 2.02. The van der Waals surface area contributed by atoms with E-state index in [0.29, 0.717) is 16.6 Å². The number of hydrogen-bond acceptors (Lipinski definition) is 2. The molecule has 0 heterocycles. The Morgan fingerprint density at radius 3 is 2.21 bits per heavy atom. The van der Waals surface area contributed by atoms with E-state index in [9.17, 15) is 4.79 Å². The number of carbonyl (C=O) groups is 1. The Morgan fingerprint density at radius 2 is 1.74 bits per heavy atom. The number of halogens is 2. The van der Waals surface area contributed by atoms with Crippen LogP contribution >= 0.6 is 23.2 Å². The van der Waals surface area contributed by atoms with Gasteiger partial charge in [-0.05, 0) is 44.5 Å². The Balaban J connectivity index is 2.58. The number of hydrogen-bond donors (Lipinski definition) is 0. The van der Waals surface area contributed by atoms with Crippen LogP contribution in [0.2, 0.25) is 10.0 Å². The molecule has 0 bridgehead atoms. The van der Waals surface area contributed by atoms with Gasteiger partial charge >= 0.3 is 0 Å². The number of amides is 1. The Hall–Kier alpha value is -0.770. The van der Waals surface area contributed by atoms with Gasteiger partial charge < -0.3 is 9.64 Å². The largest absolute Gasteiger partial charge is 0.366 e. The van der Waals surface area contributed by atoms with Gasteiger partial charge in [-0.1, -0.05) is 23.2 Å². The minimum Gasteiger partial charge on any atom is -0.366 e. The van der Waals surface area contributed by atoms with Gasteiger partial charge in [0.15, 0.2) is 0 Å². The normalized spacial score (nSPS) is 11.5. The first-order chi connectivity index (χ1) is 8.67. The number of benzene rings is 1. The van der Waals surface area contributed by atoms with Crippen LogP contribution in [0.4, 0.5) is 0 Å². The minimum atomic E-state index is -0.324. The van der Waals surface area contributed by atoms with Crippen LogP contribution in [-0.2, 0) is 16.1 Å². The summed E-state index contributed by atoms with van der Waals surface area (Å²) in [6, 6.07) is 5.25. The highest BCUT2D eigenvalue weighted by Crippen LogP contribution is 2.20. The Labute approximate surface area is 124 Å². The highest BCUT2D eigenvalue weighted by Gasteiger charge is 2.16. The molecule has 3 nitrogen and oxygen atoms in total. The molecular weight excluding hydrogens is 285 g/mol. The summed E-state index contributed by atoms with van der Waals surface area (Å²) < 4.78 is 5.45. The average molecular weight is 304 g/mol. The maximum absolute atomic E-state index is 11.9. The number of ether oxygens (including phenoxy) is 1. The zero-order valence-corrected chi connectivity index (χ0v) is 13.2. The summed E-state index contributed by atoms with van der Waals surface area (Å²) in [6.07, 6.45) is 0. The van der Waals surface area contributed by atoms with Gasteiger partial charge in [0.2, 0.25) is 5.91 Å². The third-order valence-electron chi connectivity index (χ3n) is 2.40. The Morgan fingerprint density at radius 1 is 1.21 bits per heavy atom. The van der Waals surface area contributed by atoms with Crippen LogP contribution < -0.4 is 0 Å². The maximum Gasteiger partial charge on any atom is 0.248 e. The molecule has 0 aromatic heterocycles. The van der Waals surface area contributed by atoms with E-state index in [-0.39, 0.29) is 18.1 Å². The molecule has 0 unspecified atom stereocenters. The lowest BCUT2D eigenvalue weighted by atomic mass is 10.2. The lowest BCUT2D eigenvalue weighted by molar-refractivity contribution is -0.140. The number of rotatable bonds is 4. The highest BCUT2D eigenvalue weighted by atomic mass is 35.5. The molecule has 0 aliphatic carbocycles. The minimum absolute atomic E-state index is 0.0638. The van der Waals surface area contributed by atoms with Crippen LogP contribution in [0.3, 0.4) is 0 Å².